The molecule has 0 saturated carbocycles. The predicted molar refractivity (Wildman–Crippen MR) is 88.4 cm³/mol. The molecule has 19 heavy (non-hydrogen) atoms. The number of benzene rings is 2. The van der Waals surface area contributed by atoms with Crippen molar-refractivity contribution in [3.8, 4) is 0 Å². The Morgan fingerprint density at radius 3 is 2.63 bits per heavy atom. The van der Waals surface area contributed by atoms with E-state index in [2.05, 4.69) is 65.3 Å². The van der Waals surface area contributed by atoms with Crippen LogP contribution in [0, 0.1) is 6.92 Å². The fourth-order valence-corrected chi connectivity index (χ4v) is 3.57. The molecule has 0 fully saturated rings. The maximum atomic E-state index is 5.92. The monoisotopic (exact) mass is 335 g/mol. The minimum Gasteiger partial charge on any atom is -0.329 e. The highest BCUT2D eigenvalue weighted by Gasteiger charge is 2.11. The van der Waals surface area contributed by atoms with Gasteiger partial charge in [0.1, 0.15) is 0 Å². The lowest BCUT2D eigenvalue weighted by Crippen LogP contribution is -2.09. The molecule has 2 aromatic rings. The van der Waals surface area contributed by atoms with Crippen LogP contribution >= 0.6 is 27.7 Å². The molecular formula is C16H18BrNS. The second kappa shape index (κ2) is 7.13. The van der Waals surface area contributed by atoms with E-state index in [1.54, 1.807) is 0 Å². The van der Waals surface area contributed by atoms with Gasteiger partial charge in [-0.15, -0.1) is 11.8 Å². The van der Waals surface area contributed by atoms with Gasteiger partial charge < -0.3 is 5.73 Å². The van der Waals surface area contributed by atoms with Gasteiger partial charge >= 0.3 is 0 Å². The van der Waals surface area contributed by atoms with E-state index in [4.69, 9.17) is 5.73 Å². The van der Waals surface area contributed by atoms with Gasteiger partial charge in [0.25, 0.3) is 0 Å². The van der Waals surface area contributed by atoms with Crippen LogP contribution in [-0.4, -0.2) is 6.54 Å². The van der Waals surface area contributed by atoms with E-state index in [0.29, 0.717) is 11.8 Å². The van der Waals surface area contributed by atoms with Gasteiger partial charge in [0.15, 0.2) is 0 Å². The van der Waals surface area contributed by atoms with Crippen molar-refractivity contribution in [3.63, 3.8) is 0 Å². The summed E-state index contributed by atoms with van der Waals surface area (Å²) < 4.78 is 1.11. The van der Waals surface area contributed by atoms with Crippen LogP contribution in [-0.2, 0) is 5.75 Å². The first kappa shape index (κ1) is 14.6. The summed E-state index contributed by atoms with van der Waals surface area (Å²) in [6.07, 6.45) is 0. The molecule has 2 N–H and O–H groups in total. The molecule has 0 heterocycles. The van der Waals surface area contributed by atoms with E-state index in [-0.39, 0.29) is 0 Å². The van der Waals surface area contributed by atoms with E-state index in [1.165, 1.54) is 16.7 Å². The average Bonchev–Trinajstić information content (AvgIpc) is 2.41. The summed E-state index contributed by atoms with van der Waals surface area (Å²) in [4.78, 5) is 0. The van der Waals surface area contributed by atoms with Crippen LogP contribution < -0.4 is 5.73 Å². The molecule has 3 heteroatoms. The summed E-state index contributed by atoms with van der Waals surface area (Å²) >= 11 is 5.42. The van der Waals surface area contributed by atoms with Crippen molar-refractivity contribution in [1.82, 2.24) is 0 Å². The molecule has 2 rings (SSSR count). The van der Waals surface area contributed by atoms with E-state index in [1.807, 2.05) is 17.8 Å². The SMILES string of the molecule is Cc1ccccc1CSC(CN)c1cccc(Br)c1. The van der Waals surface area contributed by atoms with Crippen molar-refractivity contribution in [2.45, 2.75) is 17.9 Å². The third-order valence-corrected chi connectivity index (χ3v) is 4.97. The van der Waals surface area contributed by atoms with Gasteiger partial charge in [-0.3, -0.25) is 0 Å². The Kier molecular flexibility index (Phi) is 5.49. The Labute approximate surface area is 127 Å². The fourth-order valence-electron chi connectivity index (χ4n) is 1.97. The molecule has 0 bridgehead atoms. The van der Waals surface area contributed by atoms with Crippen molar-refractivity contribution < 1.29 is 0 Å². The minimum atomic E-state index is 0.345. The van der Waals surface area contributed by atoms with Gasteiger partial charge in [-0.1, -0.05) is 52.3 Å². The highest BCUT2D eigenvalue weighted by atomic mass is 79.9. The van der Waals surface area contributed by atoms with Gasteiger partial charge in [-0.25, -0.2) is 0 Å². The molecule has 0 aliphatic rings. The van der Waals surface area contributed by atoms with Crippen molar-refractivity contribution in [2.24, 2.45) is 5.73 Å². The maximum absolute atomic E-state index is 5.92. The van der Waals surface area contributed by atoms with E-state index in [0.717, 1.165) is 10.2 Å². The van der Waals surface area contributed by atoms with Crippen LogP contribution in [0.4, 0.5) is 0 Å². The van der Waals surface area contributed by atoms with Crippen LogP contribution in [0.3, 0.4) is 0 Å². The van der Waals surface area contributed by atoms with Crippen LogP contribution in [0.2, 0.25) is 0 Å². The number of aryl methyl sites for hydroxylation is 1. The Bertz CT molecular complexity index is 542. The fraction of sp³-hybridized carbons (Fsp3) is 0.250. The maximum Gasteiger partial charge on any atom is 0.0423 e. The Hall–Kier alpha value is -0.770. The Balaban J connectivity index is 2.06. The third kappa shape index (κ3) is 4.10. The quantitative estimate of drug-likeness (QED) is 0.857. The molecule has 1 nitrogen and oxygen atoms in total. The molecule has 1 atom stereocenters. The largest absolute Gasteiger partial charge is 0.329 e. The van der Waals surface area contributed by atoms with E-state index < -0.39 is 0 Å². The summed E-state index contributed by atoms with van der Waals surface area (Å²) in [6, 6.07) is 16.9. The molecule has 0 aromatic heterocycles. The van der Waals surface area contributed by atoms with Crippen molar-refractivity contribution in [1.29, 1.82) is 0 Å². The number of halogens is 1. The van der Waals surface area contributed by atoms with Gasteiger partial charge in [0.05, 0.1) is 0 Å². The number of hydrogen-bond acceptors (Lipinski definition) is 2. The summed E-state index contributed by atoms with van der Waals surface area (Å²) in [5.41, 5.74) is 9.95. The van der Waals surface area contributed by atoms with Gasteiger partial charge in [-0.05, 0) is 35.7 Å². The summed E-state index contributed by atoms with van der Waals surface area (Å²) in [5.74, 6) is 1.00. The van der Waals surface area contributed by atoms with Crippen LogP contribution in [0.25, 0.3) is 0 Å². The lowest BCUT2D eigenvalue weighted by Gasteiger charge is -2.16. The summed E-state index contributed by atoms with van der Waals surface area (Å²) in [5, 5.41) is 0.345. The standard InChI is InChI=1S/C16H18BrNS/c1-12-5-2-3-6-14(12)11-19-16(10-18)13-7-4-8-15(17)9-13/h2-9,16H,10-11,18H2,1H3. The Morgan fingerprint density at radius 1 is 1.16 bits per heavy atom. The minimum absolute atomic E-state index is 0.345. The Morgan fingerprint density at radius 2 is 1.95 bits per heavy atom. The van der Waals surface area contributed by atoms with Crippen LogP contribution in [0.15, 0.2) is 53.0 Å². The van der Waals surface area contributed by atoms with Crippen molar-refractivity contribution >= 4 is 27.7 Å². The van der Waals surface area contributed by atoms with Crippen LogP contribution in [0.5, 0.6) is 0 Å². The second-order valence-corrected chi connectivity index (χ2v) is 6.62. The summed E-state index contributed by atoms with van der Waals surface area (Å²) in [6.45, 7) is 2.82. The van der Waals surface area contributed by atoms with Gasteiger partial charge in [-0.2, -0.15) is 0 Å². The zero-order chi connectivity index (χ0) is 13.7. The molecule has 100 valence electrons. The van der Waals surface area contributed by atoms with Crippen molar-refractivity contribution in [2.75, 3.05) is 6.54 Å². The molecular weight excluding hydrogens is 318 g/mol. The number of thioether (sulfide) groups is 1. The third-order valence-electron chi connectivity index (χ3n) is 3.14. The number of nitrogens with two attached hydrogens (primary N) is 1. The van der Waals surface area contributed by atoms with Crippen LogP contribution in [0.1, 0.15) is 21.9 Å². The smallest absolute Gasteiger partial charge is 0.0423 e. The lowest BCUT2D eigenvalue weighted by molar-refractivity contribution is 0.939. The van der Waals surface area contributed by atoms with E-state index in [9.17, 15) is 0 Å². The molecule has 0 amide bonds. The first-order chi connectivity index (χ1) is 9.20. The lowest BCUT2D eigenvalue weighted by atomic mass is 10.1. The molecule has 2 aromatic carbocycles. The van der Waals surface area contributed by atoms with Crippen molar-refractivity contribution in [3.05, 3.63) is 69.7 Å². The molecule has 1 unspecified atom stereocenters. The highest BCUT2D eigenvalue weighted by Crippen LogP contribution is 2.32. The molecule has 0 aliphatic carbocycles. The highest BCUT2D eigenvalue weighted by molar-refractivity contribution is 9.10. The van der Waals surface area contributed by atoms with Gasteiger partial charge in [0.2, 0.25) is 0 Å². The molecule has 0 spiro atoms. The molecule has 0 aliphatic heterocycles. The zero-order valence-electron chi connectivity index (χ0n) is 11.0. The summed E-state index contributed by atoms with van der Waals surface area (Å²) in [7, 11) is 0. The first-order valence-corrected chi connectivity index (χ1v) is 8.16. The number of rotatable bonds is 5. The first-order valence-electron chi connectivity index (χ1n) is 6.32. The number of hydrogen-bond donors (Lipinski definition) is 1. The van der Waals surface area contributed by atoms with E-state index >= 15 is 0 Å². The van der Waals surface area contributed by atoms with Gasteiger partial charge in [0, 0.05) is 22.0 Å². The topological polar surface area (TPSA) is 26.0 Å². The zero-order valence-corrected chi connectivity index (χ0v) is 13.4. The molecule has 0 saturated heterocycles. The average molecular weight is 336 g/mol. The normalized spacial score (nSPS) is 12.4. The predicted octanol–water partition coefficient (Wildman–Crippen LogP) is 4.69. The second-order valence-electron chi connectivity index (χ2n) is 4.52. The molecule has 0 radical (unpaired) electrons.